The summed E-state index contributed by atoms with van der Waals surface area (Å²) in [5, 5.41) is 3.75. The van der Waals surface area contributed by atoms with E-state index < -0.39 is 12.1 Å². The Kier molecular flexibility index (Phi) is 6.30. The minimum absolute atomic E-state index is 0.232. The van der Waals surface area contributed by atoms with Gasteiger partial charge in [0.15, 0.2) is 6.10 Å². The number of nitrogens with one attached hydrogen (secondary N) is 1. The lowest BCUT2D eigenvalue weighted by molar-refractivity contribution is -0.154. The average Bonchev–Trinajstić information content (AvgIpc) is 2.37. The van der Waals surface area contributed by atoms with Crippen LogP contribution in [-0.4, -0.2) is 18.0 Å². The van der Waals surface area contributed by atoms with E-state index in [2.05, 4.69) is 5.32 Å². The fourth-order valence-electron chi connectivity index (χ4n) is 1.60. The molecule has 0 heterocycles. The van der Waals surface area contributed by atoms with Gasteiger partial charge in [-0.3, -0.25) is 9.59 Å². The Morgan fingerprint density at radius 2 is 1.95 bits per heavy atom. The van der Waals surface area contributed by atoms with Gasteiger partial charge in [0.1, 0.15) is 0 Å². The first-order valence-corrected chi connectivity index (χ1v) is 7.05. The van der Waals surface area contributed by atoms with E-state index in [4.69, 9.17) is 27.9 Å². The maximum absolute atomic E-state index is 11.9. The van der Waals surface area contributed by atoms with Crippen LogP contribution in [0.2, 0.25) is 10.0 Å². The molecule has 0 aliphatic carbocycles. The number of benzene rings is 1. The molecule has 1 aromatic rings. The summed E-state index contributed by atoms with van der Waals surface area (Å²) >= 11 is 11.9. The van der Waals surface area contributed by atoms with Gasteiger partial charge in [0.25, 0.3) is 5.91 Å². The number of amides is 1. The van der Waals surface area contributed by atoms with Gasteiger partial charge in [-0.2, -0.15) is 0 Å². The van der Waals surface area contributed by atoms with Crippen molar-refractivity contribution in [3.63, 3.8) is 0 Å². The molecule has 1 N–H and O–H groups in total. The van der Waals surface area contributed by atoms with E-state index in [9.17, 15) is 9.59 Å². The number of esters is 1. The molecule has 6 heteroatoms. The Morgan fingerprint density at radius 3 is 2.50 bits per heavy atom. The van der Waals surface area contributed by atoms with Crippen LogP contribution in [0.4, 0.5) is 0 Å². The third kappa shape index (κ3) is 4.69. The van der Waals surface area contributed by atoms with Crippen LogP contribution < -0.4 is 5.32 Å². The third-order valence-corrected chi connectivity index (χ3v) is 3.32. The molecule has 0 radical (unpaired) electrons. The van der Waals surface area contributed by atoms with E-state index in [1.807, 2.05) is 0 Å². The normalized spacial score (nSPS) is 13.4. The molecule has 1 amide bonds. The Morgan fingerprint density at radius 1 is 1.30 bits per heavy atom. The third-order valence-electron chi connectivity index (χ3n) is 2.75. The molecular weight excluding hydrogens is 301 g/mol. The van der Waals surface area contributed by atoms with Crippen molar-refractivity contribution in [1.29, 1.82) is 0 Å². The van der Waals surface area contributed by atoms with E-state index in [0.717, 1.165) is 5.56 Å². The molecular formula is C14H17Cl2NO3. The number of rotatable bonds is 5. The molecule has 0 aliphatic rings. The highest BCUT2D eigenvalue weighted by Gasteiger charge is 2.20. The van der Waals surface area contributed by atoms with E-state index >= 15 is 0 Å². The number of ether oxygens (including phenoxy) is 1. The largest absolute Gasteiger partial charge is 0.453 e. The van der Waals surface area contributed by atoms with Crippen LogP contribution in [0.3, 0.4) is 0 Å². The lowest BCUT2D eigenvalue weighted by atomic mass is 10.1. The lowest BCUT2D eigenvalue weighted by Gasteiger charge is -2.19. The zero-order chi connectivity index (χ0) is 15.3. The van der Waals surface area contributed by atoms with E-state index in [1.165, 1.54) is 6.92 Å². The Labute approximate surface area is 128 Å². The maximum Gasteiger partial charge on any atom is 0.306 e. The highest BCUT2D eigenvalue weighted by molar-refractivity contribution is 6.35. The second-order valence-electron chi connectivity index (χ2n) is 4.38. The van der Waals surface area contributed by atoms with Gasteiger partial charge < -0.3 is 10.1 Å². The van der Waals surface area contributed by atoms with Crippen LogP contribution in [0.25, 0.3) is 0 Å². The summed E-state index contributed by atoms with van der Waals surface area (Å²) < 4.78 is 4.94. The van der Waals surface area contributed by atoms with Gasteiger partial charge in [-0.15, -0.1) is 0 Å². The molecule has 20 heavy (non-hydrogen) atoms. The Hall–Kier alpha value is -1.26. The van der Waals surface area contributed by atoms with Crippen molar-refractivity contribution in [2.45, 2.75) is 39.3 Å². The fourth-order valence-corrected chi connectivity index (χ4v) is 2.17. The van der Waals surface area contributed by atoms with Crippen LogP contribution in [0.5, 0.6) is 0 Å². The van der Waals surface area contributed by atoms with Crippen LogP contribution >= 0.6 is 23.2 Å². The standard InChI is InChI=1S/C14H17Cl2NO3/c1-4-13(18)20-9(3)14(19)17-8(2)11-6-5-10(15)7-12(11)16/h5-9H,4H2,1-3H3,(H,17,19)/t8-,9+/m1/s1. The van der Waals surface area contributed by atoms with Crippen molar-refractivity contribution in [1.82, 2.24) is 5.32 Å². The number of hydrogen-bond acceptors (Lipinski definition) is 3. The summed E-state index contributed by atoms with van der Waals surface area (Å²) in [7, 11) is 0. The van der Waals surface area contributed by atoms with Gasteiger partial charge >= 0.3 is 5.97 Å². The molecule has 0 saturated heterocycles. The first-order chi connectivity index (χ1) is 9.35. The minimum Gasteiger partial charge on any atom is -0.453 e. The highest BCUT2D eigenvalue weighted by atomic mass is 35.5. The molecule has 0 aromatic heterocycles. The molecule has 2 atom stereocenters. The fraction of sp³-hybridized carbons (Fsp3) is 0.429. The molecule has 1 aromatic carbocycles. The number of hydrogen-bond donors (Lipinski definition) is 1. The molecule has 4 nitrogen and oxygen atoms in total. The monoisotopic (exact) mass is 317 g/mol. The summed E-state index contributed by atoms with van der Waals surface area (Å²) in [5.41, 5.74) is 0.749. The number of halogens is 2. The smallest absolute Gasteiger partial charge is 0.306 e. The summed E-state index contributed by atoms with van der Waals surface area (Å²) in [4.78, 5) is 23.0. The molecule has 0 aliphatic heterocycles. The minimum atomic E-state index is -0.837. The summed E-state index contributed by atoms with van der Waals surface area (Å²) in [5.74, 6) is -0.782. The molecule has 110 valence electrons. The van der Waals surface area contributed by atoms with Crippen molar-refractivity contribution in [2.24, 2.45) is 0 Å². The van der Waals surface area contributed by atoms with Gasteiger partial charge in [0.05, 0.1) is 6.04 Å². The first-order valence-electron chi connectivity index (χ1n) is 6.30. The van der Waals surface area contributed by atoms with E-state index in [0.29, 0.717) is 10.0 Å². The average molecular weight is 318 g/mol. The van der Waals surface area contributed by atoms with Gasteiger partial charge in [-0.05, 0) is 31.5 Å². The number of carbonyl (C=O) groups is 2. The molecule has 0 fully saturated rings. The van der Waals surface area contributed by atoms with Crippen molar-refractivity contribution < 1.29 is 14.3 Å². The molecule has 0 unspecified atom stereocenters. The highest BCUT2D eigenvalue weighted by Crippen LogP contribution is 2.26. The van der Waals surface area contributed by atoms with Crippen molar-refractivity contribution in [3.8, 4) is 0 Å². The second kappa shape index (κ2) is 7.50. The maximum atomic E-state index is 11.9. The summed E-state index contributed by atoms with van der Waals surface area (Å²) in [6, 6.07) is 4.75. The zero-order valence-electron chi connectivity index (χ0n) is 11.6. The van der Waals surface area contributed by atoms with Crippen LogP contribution in [0.15, 0.2) is 18.2 Å². The molecule has 0 spiro atoms. The van der Waals surface area contributed by atoms with E-state index in [1.54, 1.807) is 32.0 Å². The van der Waals surface area contributed by atoms with Crippen LogP contribution in [0, 0.1) is 0 Å². The Bertz CT molecular complexity index is 505. The predicted octanol–water partition coefficient (Wildman–Crippen LogP) is 3.51. The topological polar surface area (TPSA) is 55.4 Å². The van der Waals surface area contributed by atoms with Gasteiger partial charge in [-0.1, -0.05) is 36.2 Å². The van der Waals surface area contributed by atoms with Crippen molar-refractivity contribution in [3.05, 3.63) is 33.8 Å². The predicted molar refractivity (Wildman–Crippen MR) is 78.9 cm³/mol. The lowest BCUT2D eigenvalue weighted by Crippen LogP contribution is -2.37. The Balaban J connectivity index is 2.67. The van der Waals surface area contributed by atoms with Gasteiger partial charge in [0, 0.05) is 16.5 Å². The first kappa shape index (κ1) is 16.8. The van der Waals surface area contributed by atoms with Crippen LogP contribution in [0.1, 0.15) is 38.8 Å². The van der Waals surface area contributed by atoms with Crippen molar-refractivity contribution in [2.75, 3.05) is 0 Å². The van der Waals surface area contributed by atoms with Gasteiger partial charge in [-0.25, -0.2) is 0 Å². The van der Waals surface area contributed by atoms with Crippen molar-refractivity contribution >= 4 is 35.1 Å². The summed E-state index contributed by atoms with van der Waals surface area (Å²) in [6.07, 6.45) is -0.605. The van der Waals surface area contributed by atoms with E-state index in [-0.39, 0.29) is 18.4 Å². The molecule has 1 rings (SSSR count). The quantitative estimate of drug-likeness (QED) is 0.845. The second-order valence-corrected chi connectivity index (χ2v) is 5.23. The van der Waals surface area contributed by atoms with Gasteiger partial charge in [0.2, 0.25) is 0 Å². The zero-order valence-corrected chi connectivity index (χ0v) is 13.1. The van der Waals surface area contributed by atoms with Crippen LogP contribution in [-0.2, 0) is 14.3 Å². The number of carbonyl (C=O) groups excluding carboxylic acids is 2. The SMILES string of the molecule is CCC(=O)O[C@@H](C)C(=O)N[C@H](C)c1ccc(Cl)cc1Cl. The molecule has 0 bridgehead atoms. The summed E-state index contributed by atoms with van der Waals surface area (Å²) in [6.45, 7) is 4.99. The molecule has 0 saturated carbocycles.